The molecule has 0 radical (unpaired) electrons. The molecule has 1 saturated heterocycles. The van der Waals surface area contributed by atoms with Gasteiger partial charge in [0.05, 0.1) is 11.4 Å². The van der Waals surface area contributed by atoms with Crippen LogP contribution in [-0.2, 0) is 27.8 Å². The number of amides is 1. The van der Waals surface area contributed by atoms with E-state index >= 15 is 0 Å². The molecule has 9 heteroatoms. The molecule has 1 aromatic heterocycles. The quantitative estimate of drug-likeness (QED) is 0.709. The predicted molar refractivity (Wildman–Crippen MR) is 108 cm³/mol. The molecule has 2 heterocycles. The van der Waals surface area contributed by atoms with E-state index in [9.17, 15) is 13.2 Å². The van der Waals surface area contributed by atoms with E-state index in [1.807, 2.05) is 4.57 Å². The van der Waals surface area contributed by atoms with Gasteiger partial charge >= 0.3 is 0 Å². The molecule has 1 N–H and O–H groups in total. The molecule has 29 heavy (non-hydrogen) atoms. The van der Waals surface area contributed by atoms with E-state index in [0.29, 0.717) is 43.4 Å². The Kier molecular flexibility index (Phi) is 5.96. The van der Waals surface area contributed by atoms with Gasteiger partial charge in [-0.05, 0) is 49.8 Å². The van der Waals surface area contributed by atoms with Crippen molar-refractivity contribution in [1.82, 2.24) is 24.4 Å². The van der Waals surface area contributed by atoms with Crippen molar-refractivity contribution >= 4 is 15.9 Å². The van der Waals surface area contributed by atoms with Crippen molar-refractivity contribution < 1.29 is 13.2 Å². The first kappa shape index (κ1) is 20.0. The van der Waals surface area contributed by atoms with Crippen molar-refractivity contribution in [1.29, 1.82) is 0 Å². The average molecular weight is 418 g/mol. The predicted octanol–water partition coefficient (Wildman–Crippen LogP) is 2.04. The van der Waals surface area contributed by atoms with Crippen LogP contribution in [0.4, 0.5) is 0 Å². The Morgan fingerprint density at radius 1 is 1.10 bits per heavy atom. The summed E-state index contributed by atoms with van der Waals surface area (Å²) in [5.41, 5.74) is 0.943. The molecule has 0 unspecified atom stereocenters. The smallest absolute Gasteiger partial charge is 0.243 e. The number of carbonyl (C=O) groups excluding carboxylic acids is 1. The summed E-state index contributed by atoms with van der Waals surface area (Å²) in [7, 11) is -3.41. The van der Waals surface area contributed by atoms with Gasteiger partial charge in [0.15, 0.2) is 5.82 Å². The van der Waals surface area contributed by atoms with Crippen molar-refractivity contribution in [2.45, 2.75) is 62.4 Å². The molecule has 156 valence electrons. The maximum absolute atomic E-state index is 12.7. The fraction of sp³-hybridized carbons (Fsp3) is 0.550. The van der Waals surface area contributed by atoms with Gasteiger partial charge in [0, 0.05) is 25.6 Å². The van der Waals surface area contributed by atoms with Crippen LogP contribution in [-0.4, -0.2) is 46.5 Å². The van der Waals surface area contributed by atoms with Gasteiger partial charge in [0.25, 0.3) is 0 Å². The number of hydrogen-bond donors (Lipinski definition) is 1. The lowest BCUT2D eigenvalue weighted by Gasteiger charge is -2.25. The molecule has 0 atom stereocenters. The summed E-state index contributed by atoms with van der Waals surface area (Å²) in [5, 5.41) is 10.9. The Morgan fingerprint density at radius 2 is 1.83 bits per heavy atom. The van der Waals surface area contributed by atoms with Gasteiger partial charge in [-0.15, -0.1) is 10.2 Å². The second-order valence-corrected chi connectivity index (χ2v) is 9.71. The molecule has 2 aliphatic rings. The number of piperidine rings is 1. The standard InChI is InChI=1S/C20H27N5O3S/c26-20(21-14-19-23-22-15-25(19)17-7-8-17)11-6-16-4-9-18(10-5-16)29(27,28)24-12-2-1-3-13-24/h4-5,9-10,15,17H,1-3,6-8,11-14H2,(H,21,26). The SMILES string of the molecule is O=C(CCc1ccc(S(=O)(=O)N2CCCCC2)cc1)NCc1nncn1C1CC1. The van der Waals surface area contributed by atoms with Crippen LogP contribution >= 0.6 is 0 Å². The van der Waals surface area contributed by atoms with E-state index in [4.69, 9.17) is 0 Å². The molecule has 1 amide bonds. The van der Waals surface area contributed by atoms with Crippen molar-refractivity contribution in [3.63, 3.8) is 0 Å². The molecule has 8 nitrogen and oxygen atoms in total. The maximum Gasteiger partial charge on any atom is 0.243 e. The minimum atomic E-state index is -3.41. The van der Waals surface area contributed by atoms with E-state index in [1.54, 1.807) is 34.9 Å². The van der Waals surface area contributed by atoms with Gasteiger partial charge in [0.1, 0.15) is 6.33 Å². The molecule has 1 aliphatic heterocycles. The van der Waals surface area contributed by atoms with Gasteiger partial charge in [-0.2, -0.15) is 4.31 Å². The van der Waals surface area contributed by atoms with E-state index < -0.39 is 10.0 Å². The Morgan fingerprint density at radius 3 is 2.52 bits per heavy atom. The highest BCUT2D eigenvalue weighted by Gasteiger charge is 2.26. The summed E-state index contributed by atoms with van der Waals surface area (Å²) in [6, 6.07) is 7.38. The largest absolute Gasteiger partial charge is 0.349 e. The van der Waals surface area contributed by atoms with Crippen LogP contribution in [0.25, 0.3) is 0 Å². The molecule has 4 rings (SSSR count). The highest BCUT2D eigenvalue weighted by Crippen LogP contribution is 2.35. The minimum absolute atomic E-state index is 0.0552. The summed E-state index contributed by atoms with van der Waals surface area (Å²) in [5.74, 6) is 0.730. The number of aromatic nitrogens is 3. The zero-order chi connectivity index (χ0) is 20.3. The third-order valence-corrected chi connectivity index (χ3v) is 7.46. The summed E-state index contributed by atoms with van der Waals surface area (Å²) >= 11 is 0. The first-order valence-corrected chi connectivity index (χ1v) is 11.7. The lowest BCUT2D eigenvalue weighted by Crippen LogP contribution is -2.35. The third kappa shape index (κ3) is 4.84. The van der Waals surface area contributed by atoms with Crippen LogP contribution in [0.15, 0.2) is 35.5 Å². The highest BCUT2D eigenvalue weighted by molar-refractivity contribution is 7.89. The Bertz CT molecular complexity index is 945. The van der Waals surface area contributed by atoms with E-state index in [1.165, 1.54) is 0 Å². The molecule has 0 bridgehead atoms. The molecule has 2 aromatic rings. The zero-order valence-corrected chi connectivity index (χ0v) is 17.3. The van der Waals surface area contributed by atoms with E-state index in [-0.39, 0.29) is 5.91 Å². The van der Waals surface area contributed by atoms with Crippen molar-refractivity contribution in [2.24, 2.45) is 0 Å². The van der Waals surface area contributed by atoms with Crippen LogP contribution in [0.1, 0.15) is 56.0 Å². The lowest BCUT2D eigenvalue weighted by atomic mass is 10.1. The number of nitrogens with one attached hydrogen (secondary N) is 1. The Balaban J connectivity index is 1.27. The number of nitrogens with zero attached hydrogens (tertiary/aromatic N) is 4. The van der Waals surface area contributed by atoms with Crippen LogP contribution < -0.4 is 5.32 Å². The molecule has 1 aliphatic carbocycles. The van der Waals surface area contributed by atoms with Crippen molar-refractivity contribution in [2.75, 3.05) is 13.1 Å². The molecular formula is C20H27N5O3S. The summed E-state index contributed by atoms with van der Waals surface area (Å²) < 4.78 is 29.0. The number of aryl methyl sites for hydroxylation is 1. The fourth-order valence-corrected chi connectivity index (χ4v) is 5.17. The summed E-state index contributed by atoms with van der Waals surface area (Å²) in [6.07, 6.45) is 7.84. The number of benzene rings is 1. The summed E-state index contributed by atoms with van der Waals surface area (Å²) in [6.45, 7) is 1.57. The van der Waals surface area contributed by atoms with E-state index in [0.717, 1.165) is 43.5 Å². The van der Waals surface area contributed by atoms with Crippen LogP contribution in [0, 0.1) is 0 Å². The van der Waals surface area contributed by atoms with Crippen LogP contribution in [0.3, 0.4) is 0 Å². The lowest BCUT2D eigenvalue weighted by molar-refractivity contribution is -0.121. The molecule has 2 fully saturated rings. The highest BCUT2D eigenvalue weighted by atomic mass is 32.2. The van der Waals surface area contributed by atoms with Gasteiger partial charge < -0.3 is 9.88 Å². The minimum Gasteiger partial charge on any atom is -0.349 e. The second kappa shape index (κ2) is 8.62. The normalized spacial score (nSPS) is 17.9. The number of hydrogen-bond acceptors (Lipinski definition) is 5. The first-order valence-electron chi connectivity index (χ1n) is 10.3. The number of sulfonamides is 1. The molecular weight excluding hydrogens is 390 g/mol. The average Bonchev–Trinajstić information content (AvgIpc) is 3.49. The van der Waals surface area contributed by atoms with Gasteiger partial charge in [-0.3, -0.25) is 4.79 Å². The van der Waals surface area contributed by atoms with Crippen molar-refractivity contribution in [3.8, 4) is 0 Å². The van der Waals surface area contributed by atoms with Crippen LogP contribution in [0.2, 0.25) is 0 Å². The molecule has 0 spiro atoms. The fourth-order valence-electron chi connectivity index (χ4n) is 3.66. The van der Waals surface area contributed by atoms with E-state index in [2.05, 4.69) is 15.5 Å². The van der Waals surface area contributed by atoms with Crippen molar-refractivity contribution in [3.05, 3.63) is 42.0 Å². The monoisotopic (exact) mass is 417 g/mol. The van der Waals surface area contributed by atoms with Gasteiger partial charge in [-0.25, -0.2) is 8.42 Å². The first-order chi connectivity index (χ1) is 14.0. The Labute approximate surface area is 171 Å². The van der Waals surface area contributed by atoms with Gasteiger partial charge in [0.2, 0.25) is 15.9 Å². The number of carbonyl (C=O) groups is 1. The Hall–Kier alpha value is -2.26. The molecule has 1 aromatic carbocycles. The maximum atomic E-state index is 12.7. The molecule has 1 saturated carbocycles. The van der Waals surface area contributed by atoms with Crippen LogP contribution in [0.5, 0.6) is 0 Å². The summed E-state index contributed by atoms with van der Waals surface area (Å²) in [4.78, 5) is 12.5. The second-order valence-electron chi connectivity index (χ2n) is 7.77. The topological polar surface area (TPSA) is 97.2 Å². The zero-order valence-electron chi connectivity index (χ0n) is 16.5. The third-order valence-electron chi connectivity index (χ3n) is 5.55. The number of rotatable bonds is 8. The van der Waals surface area contributed by atoms with Gasteiger partial charge in [-0.1, -0.05) is 18.6 Å².